The lowest BCUT2D eigenvalue weighted by molar-refractivity contribution is 0.545. The average Bonchev–Trinajstić information content (AvgIpc) is 3.06. The van der Waals surface area contributed by atoms with Crippen LogP contribution < -0.4 is 5.32 Å². The van der Waals surface area contributed by atoms with Crippen molar-refractivity contribution in [1.29, 1.82) is 0 Å². The highest BCUT2D eigenvalue weighted by atomic mass is 16.3. The molecule has 5 heteroatoms. The number of furan rings is 1. The van der Waals surface area contributed by atoms with E-state index in [-0.39, 0.29) is 0 Å². The summed E-state index contributed by atoms with van der Waals surface area (Å²) in [7, 11) is 0. The van der Waals surface area contributed by atoms with E-state index in [1.165, 1.54) is 5.56 Å². The SMILES string of the molecule is Cc1ccc(-c2[nH]ncc2CNc2cnccc2C)o1. The molecule has 0 fully saturated rings. The highest BCUT2D eigenvalue weighted by Crippen LogP contribution is 2.24. The van der Waals surface area contributed by atoms with Crippen molar-refractivity contribution in [3.05, 3.63) is 53.7 Å². The first-order chi connectivity index (χ1) is 9.74. The maximum atomic E-state index is 5.63. The van der Waals surface area contributed by atoms with Crippen LogP contribution in [0, 0.1) is 13.8 Å². The Balaban J connectivity index is 1.79. The van der Waals surface area contributed by atoms with Gasteiger partial charge >= 0.3 is 0 Å². The van der Waals surface area contributed by atoms with Gasteiger partial charge in [-0.25, -0.2) is 0 Å². The summed E-state index contributed by atoms with van der Waals surface area (Å²) in [4.78, 5) is 4.12. The van der Waals surface area contributed by atoms with E-state index in [2.05, 4.69) is 27.4 Å². The van der Waals surface area contributed by atoms with Gasteiger partial charge in [0.25, 0.3) is 0 Å². The van der Waals surface area contributed by atoms with Gasteiger partial charge < -0.3 is 9.73 Å². The Hall–Kier alpha value is -2.56. The van der Waals surface area contributed by atoms with Crippen molar-refractivity contribution in [3.63, 3.8) is 0 Å². The fraction of sp³-hybridized carbons (Fsp3) is 0.200. The fourth-order valence-electron chi connectivity index (χ4n) is 2.07. The minimum absolute atomic E-state index is 0.665. The van der Waals surface area contributed by atoms with Crippen LogP contribution >= 0.6 is 0 Å². The molecule has 5 nitrogen and oxygen atoms in total. The molecule has 0 amide bonds. The predicted octanol–water partition coefficient (Wildman–Crippen LogP) is 3.29. The first-order valence-electron chi connectivity index (χ1n) is 6.47. The highest BCUT2D eigenvalue weighted by molar-refractivity contribution is 5.58. The Morgan fingerprint density at radius 3 is 2.85 bits per heavy atom. The number of nitrogens with zero attached hydrogens (tertiary/aromatic N) is 2. The normalized spacial score (nSPS) is 10.7. The summed E-state index contributed by atoms with van der Waals surface area (Å²) in [6.07, 6.45) is 5.42. The van der Waals surface area contributed by atoms with E-state index < -0.39 is 0 Å². The van der Waals surface area contributed by atoms with Crippen molar-refractivity contribution >= 4 is 5.69 Å². The largest absolute Gasteiger partial charge is 0.460 e. The van der Waals surface area contributed by atoms with E-state index in [0.29, 0.717) is 6.54 Å². The predicted molar refractivity (Wildman–Crippen MR) is 77.3 cm³/mol. The summed E-state index contributed by atoms with van der Waals surface area (Å²) in [5.41, 5.74) is 4.16. The summed E-state index contributed by atoms with van der Waals surface area (Å²) in [5.74, 6) is 1.69. The lowest BCUT2D eigenvalue weighted by atomic mass is 10.2. The van der Waals surface area contributed by atoms with Crippen LogP contribution in [-0.4, -0.2) is 15.2 Å². The molecule has 3 rings (SSSR count). The number of hydrogen-bond acceptors (Lipinski definition) is 4. The van der Waals surface area contributed by atoms with Crippen molar-refractivity contribution in [2.75, 3.05) is 5.32 Å². The summed E-state index contributed by atoms with van der Waals surface area (Å²) in [6, 6.07) is 5.87. The summed E-state index contributed by atoms with van der Waals surface area (Å²) in [5, 5.41) is 10.5. The molecule has 0 radical (unpaired) electrons. The maximum Gasteiger partial charge on any atom is 0.152 e. The molecular formula is C15H16N4O. The monoisotopic (exact) mass is 268 g/mol. The molecule has 0 aliphatic carbocycles. The molecule has 0 bridgehead atoms. The highest BCUT2D eigenvalue weighted by Gasteiger charge is 2.11. The Morgan fingerprint density at radius 2 is 2.10 bits per heavy atom. The number of nitrogens with one attached hydrogen (secondary N) is 2. The molecule has 0 saturated heterocycles. The minimum atomic E-state index is 0.665. The second kappa shape index (κ2) is 5.21. The van der Waals surface area contributed by atoms with Gasteiger partial charge in [0.1, 0.15) is 11.5 Å². The van der Waals surface area contributed by atoms with Crippen molar-refractivity contribution in [2.24, 2.45) is 0 Å². The summed E-state index contributed by atoms with van der Waals surface area (Å²) >= 11 is 0. The number of H-pyrrole nitrogens is 1. The van der Waals surface area contributed by atoms with Gasteiger partial charge in [-0.2, -0.15) is 5.10 Å². The molecule has 0 aliphatic heterocycles. The maximum absolute atomic E-state index is 5.63. The molecule has 3 aromatic heterocycles. The van der Waals surface area contributed by atoms with Crippen LogP contribution in [0.4, 0.5) is 5.69 Å². The van der Waals surface area contributed by atoms with E-state index in [1.54, 1.807) is 6.20 Å². The van der Waals surface area contributed by atoms with E-state index in [1.807, 2.05) is 37.5 Å². The van der Waals surface area contributed by atoms with Crippen molar-refractivity contribution < 1.29 is 4.42 Å². The zero-order valence-corrected chi connectivity index (χ0v) is 11.5. The molecule has 0 aromatic carbocycles. The van der Waals surface area contributed by atoms with Crippen LogP contribution in [0.5, 0.6) is 0 Å². The zero-order valence-electron chi connectivity index (χ0n) is 11.5. The summed E-state index contributed by atoms with van der Waals surface area (Å²) < 4.78 is 5.63. The van der Waals surface area contributed by atoms with Crippen LogP contribution in [0.25, 0.3) is 11.5 Å². The van der Waals surface area contributed by atoms with Gasteiger partial charge in [0.2, 0.25) is 0 Å². The number of pyridine rings is 1. The third-order valence-corrected chi connectivity index (χ3v) is 3.21. The van der Waals surface area contributed by atoms with Gasteiger partial charge in [0, 0.05) is 18.3 Å². The van der Waals surface area contributed by atoms with Crippen LogP contribution in [0.1, 0.15) is 16.9 Å². The Morgan fingerprint density at radius 1 is 1.20 bits per heavy atom. The molecular weight excluding hydrogens is 252 g/mol. The van der Waals surface area contributed by atoms with E-state index >= 15 is 0 Å². The second-order valence-electron chi connectivity index (χ2n) is 4.72. The summed E-state index contributed by atoms with van der Waals surface area (Å²) in [6.45, 7) is 4.64. The average molecular weight is 268 g/mol. The third-order valence-electron chi connectivity index (χ3n) is 3.21. The second-order valence-corrected chi connectivity index (χ2v) is 4.72. The van der Waals surface area contributed by atoms with Gasteiger partial charge in [-0.1, -0.05) is 0 Å². The van der Waals surface area contributed by atoms with Crippen molar-refractivity contribution in [3.8, 4) is 11.5 Å². The van der Waals surface area contributed by atoms with Crippen LogP contribution in [0.15, 0.2) is 41.2 Å². The molecule has 0 aliphatic rings. The van der Waals surface area contributed by atoms with E-state index in [0.717, 1.165) is 28.5 Å². The number of aromatic amines is 1. The molecule has 0 saturated carbocycles. The molecule has 0 spiro atoms. The van der Waals surface area contributed by atoms with Gasteiger partial charge in [-0.15, -0.1) is 0 Å². The molecule has 20 heavy (non-hydrogen) atoms. The smallest absolute Gasteiger partial charge is 0.152 e. The third kappa shape index (κ3) is 2.42. The zero-order chi connectivity index (χ0) is 13.9. The van der Waals surface area contributed by atoms with Gasteiger partial charge in [-0.05, 0) is 37.6 Å². The molecule has 3 aromatic rings. The van der Waals surface area contributed by atoms with E-state index in [9.17, 15) is 0 Å². The molecule has 3 heterocycles. The first-order valence-corrected chi connectivity index (χ1v) is 6.47. The number of hydrogen-bond donors (Lipinski definition) is 2. The topological polar surface area (TPSA) is 66.7 Å². The minimum Gasteiger partial charge on any atom is -0.460 e. The Kier molecular flexibility index (Phi) is 3.25. The van der Waals surface area contributed by atoms with Gasteiger partial charge in [-0.3, -0.25) is 10.1 Å². The number of aryl methyl sites for hydroxylation is 2. The quantitative estimate of drug-likeness (QED) is 0.762. The molecule has 0 unspecified atom stereocenters. The lowest BCUT2D eigenvalue weighted by Crippen LogP contribution is -2.01. The number of rotatable bonds is 4. The van der Waals surface area contributed by atoms with Gasteiger partial charge in [0.05, 0.1) is 18.1 Å². The molecule has 0 atom stereocenters. The Labute approximate surface area is 117 Å². The van der Waals surface area contributed by atoms with Crippen molar-refractivity contribution in [2.45, 2.75) is 20.4 Å². The number of aromatic nitrogens is 3. The Bertz CT molecular complexity index is 714. The fourth-order valence-corrected chi connectivity index (χ4v) is 2.07. The first kappa shape index (κ1) is 12.5. The van der Waals surface area contributed by atoms with Crippen molar-refractivity contribution in [1.82, 2.24) is 15.2 Å². The van der Waals surface area contributed by atoms with Crippen LogP contribution in [0.2, 0.25) is 0 Å². The lowest BCUT2D eigenvalue weighted by Gasteiger charge is -2.08. The molecule has 102 valence electrons. The standard InChI is InChI=1S/C15H16N4O/c1-10-5-6-16-9-13(10)17-7-12-8-18-19-15(12)14-4-3-11(2)20-14/h3-6,8-9,17H,7H2,1-2H3,(H,18,19). The van der Waals surface area contributed by atoms with Crippen LogP contribution in [-0.2, 0) is 6.54 Å². The molecule has 2 N–H and O–H groups in total. The number of anilines is 1. The van der Waals surface area contributed by atoms with E-state index in [4.69, 9.17) is 4.42 Å². The van der Waals surface area contributed by atoms with Gasteiger partial charge in [0.15, 0.2) is 5.76 Å². The van der Waals surface area contributed by atoms with Crippen LogP contribution in [0.3, 0.4) is 0 Å².